The highest BCUT2D eigenvalue weighted by Gasteiger charge is 2.40. The number of pyridine rings is 2. The van der Waals surface area contributed by atoms with Crippen LogP contribution in [0.2, 0.25) is 0 Å². The highest BCUT2D eigenvalue weighted by Crippen LogP contribution is 2.41. The van der Waals surface area contributed by atoms with Crippen LogP contribution in [0.4, 0.5) is 0 Å². The number of nitrogens with zero attached hydrogens (tertiary/aromatic N) is 6. The van der Waals surface area contributed by atoms with Crippen molar-refractivity contribution in [3.63, 3.8) is 0 Å². The van der Waals surface area contributed by atoms with E-state index in [1.165, 1.54) is 0 Å². The highest BCUT2D eigenvalue weighted by molar-refractivity contribution is 9.10. The zero-order valence-corrected chi connectivity index (χ0v) is 46.4. The molecule has 0 atom stereocenters. The van der Waals surface area contributed by atoms with E-state index in [0.29, 0.717) is 17.2 Å². The van der Waals surface area contributed by atoms with Gasteiger partial charge in [0.05, 0.1) is 33.5 Å². The minimum atomic E-state index is -0.0677. The van der Waals surface area contributed by atoms with Crippen molar-refractivity contribution in [1.29, 1.82) is 0 Å². The lowest BCUT2D eigenvalue weighted by molar-refractivity contribution is 0.455. The first-order valence-corrected chi connectivity index (χ1v) is 28.3. The summed E-state index contributed by atoms with van der Waals surface area (Å²) in [6.07, 6.45) is 3.62. The van der Waals surface area contributed by atoms with E-state index in [-0.39, 0.29) is 6.71 Å². The molecule has 84 heavy (non-hydrogen) atoms. The standard InChI is InChI=1S/C36H22BN3O2.C36H24BrN3O2/c1-2-9-25(10-3-1)40-30-13-5-4-12-29(30)39-36(40)24-17-19-32-27(22-24)37-26-21-23(28-11-6-7-20-38-28)16-18-31(26)41-33-14-8-15-34(42-32)35(33)37;37-35-33(41-28-20-16-25(17-21-28)30-11-6-7-24-38-30)14-8-15-34(35)42-29-22-18-26(19-23-29)36-39-31-12-4-5-13-32(31)40(36)27-9-2-1-3-10-27/h1-22H;1-24H. The zero-order valence-electron chi connectivity index (χ0n) is 44.8. The van der Waals surface area contributed by atoms with Gasteiger partial charge in [-0.2, -0.15) is 0 Å². The minimum Gasteiger partial charge on any atom is -0.458 e. The molecule has 10 aromatic carbocycles. The van der Waals surface area contributed by atoms with Crippen LogP contribution in [-0.4, -0.2) is 35.8 Å². The van der Waals surface area contributed by atoms with Gasteiger partial charge in [-0.1, -0.05) is 97.1 Å². The van der Waals surface area contributed by atoms with Crippen molar-refractivity contribution in [2.75, 3.05) is 0 Å². The molecule has 6 heterocycles. The molecular formula is C72H46BBrN6O4. The molecule has 4 aromatic heterocycles. The van der Waals surface area contributed by atoms with Gasteiger partial charge in [0.25, 0.3) is 6.71 Å². The molecule has 12 heteroatoms. The third-order valence-corrected chi connectivity index (χ3v) is 15.9. The number of ether oxygens (including phenoxy) is 4. The lowest BCUT2D eigenvalue weighted by Crippen LogP contribution is -2.57. The van der Waals surface area contributed by atoms with Gasteiger partial charge in [-0.25, -0.2) is 9.97 Å². The van der Waals surface area contributed by atoms with Crippen LogP contribution in [-0.2, 0) is 0 Å². The van der Waals surface area contributed by atoms with Gasteiger partial charge in [0, 0.05) is 45.9 Å². The molecule has 0 radical (unpaired) electrons. The Kier molecular flexibility index (Phi) is 12.9. The Hall–Kier alpha value is -10.8. The van der Waals surface area contributed by atoms with Crippen LogP contribution in [0.3, 0.4) is 0 Å². The van der Waals surface area contributed by atoms with Crippen LogP contribution < -0.4 is 35.3 Å². The van der Waals surface area contributed by atoms with E-state index in [1.54, 1.807) is 6.20 Å². The van der Waals surface area contributed by atoms with E-state index < -0.39 is 0 Å². The molecule has 0 unspecified atom stereocenters. The summed E-state index contributed by atoms with van der Waals surface area (Å²) in [7, 11) is 0. The van der Waals surface area contributed by atoms with E-state index in [2.05, 4.69) is 132 Å². The fraction of sp³-hybridized carbons (Fsp3) is 0. The number of imidazole rings is 2. The molecule has 2 aliphatic rings. The van der Waals surface area contributed by atoms with Crippen LogP contribution in [0, 0.1) is 0 Å². The number of hydrogen-bond acceptors (Lipinski definition) is 8. The predicted octanol–water partition coefficient (Wildman–Crippen LogP) is 16.6. The summed E-state index contributed by atoms with van der Waals surface area (Å²) in [5, 5.41) is 0. The molecule has 16 rings (SSSR count). The first-order chi connectivity index (χ1) is 41.5. The van der Waals surface area contributed by atoms with Crippen LogP contribution in [0.15, 0.2) is 284 Å². The SMILES string of the molecule is Brc1c(Oc2ccc(-c3ccccn3)cc2)cccc1Oc1ccc(-c2nc3ccccc3n2-c2ccccc2)cc1.c1ccc(-n2c(-c3ccc4c(c3)B3c5cc(-c6ccccn6)ccc5Oc5cccc(c53)O4)nc3ccccc32)cc1. The van der Waals surface area contributed by atoms with Crippen molar-refractivity contribution in [1.82, 2.24) is 29.1 Å². The maximum absolute atomic E-state index is 6.50. The van der Waals surface area contributed by atoms with Gasteiger partial charge in [0.1, 0.15) is 62.1 Å². The minimum absolute atomic E-state index is 0.0677. The maximum atomic E-state index is 6.50. The second kappa shape index (κ2) is 21.6. The fourth-order valence-electron chi connectivity index (χ4n) is 11.2. The summed E-state index contributed by atoms with van der Waals surface area (Å²) in [5.41, 5.74) is 15.3. The molecule has 0 spiro atoms. The number of benzene rings is 10. The number of para-hydroxylation sites is 6. The van der Waals surface area contributed by atoms with E-state index in [1.807, 2.05) is 176 Å². The molecular weight excluding hydrogens is 1100 g/mol. The molecule has 2 aliphatic heterocycles. The monoisotopic (exact) mass is 1150 g/mol. The van der Waals surface area contributed by atoms with Gasteiger partial charge in [0.2, 0.25) is 0 Å². The lowest BCUT2D eigenvalue weighted by Gasteiger charge is -2.33. The molecule has 0 saturated carbocycles. The molecule has 398 valence electrons. The maximum Gasteiger partial charge on any atom is 0.260 e. The van der Waals surface area contributed by atoms with Gasteiger partial charge in [0.15, 0.2) is 0 Å². The third kappa shape index (κ3) is 9.40. The van der Waals surface area contributed by atoms with Crippen molar-refractivity contribution in [2.24, 2.45) is 0 Å². The Morgan fingerprint density at radius 2 is 0.810 bits per heavy atom. The fourth-order valence-corrected chi connectivity index (χ4v) is 11.6. The van der Waals surface area contributed by atoms with E-state index >= 15 is 0 Å². The summed E-state index contributed by atoms with van der Waals surface area (Å²) in [6, 6.07) is 89.4. The number of fused-ring (bicyclic) bond motifs is 6. The van der Waals surface area contributed by atoms with Gasteiger partial charge in [-0.05, 0) is 202 Å². The summed E-state index contributed by atoms with van der Waals surface area (Å²) >= 11 is 3.68. The zero-order chi connectivity index (χ0) is 55.9. The molecule has 0 fully saturated rings. The summed E-state index contributed by atoms with van der Waals surface area (Å²) < 4.78 is 30.5. The first kappa shape index (κ1) is 50.2. The van der Waals surface area contributed by atoms with Crippen molar-refractivity contribution in [3.8, 4) is 103 Å². The molecule has 0 bridgehead atoms. The Morgan fingerprint density at radius 3 is 1.35 bits per heavy atom. The van der Waals surface area contributed by atoms with E-state index in [0.717, 1.165) is 128 Å². The second-order valence-corrected chi connectivity index (χ2v) is 21.0. The van der Waals surface area contributed by atoms with Gasteiger partial charge in [-0.15, -0.1) is 0 Å². The Balaban J connectivity index is 0.000000143. The lowest BCUT2D eigenvalue weighted by atomic mass is 9.34. The summed E-state index contributed by atoms with van der Waals surface area (Å²) in [5.74, 6) is 7.83. The highest BCUT2D eigenvalue weighted by atomic mass is 79.9. The van der Waals surface area contributed by atoms with Crippen LogP contribution in [0.5, 0.6) is 46.0 Å². The first-order valence-electron chi connectivity index (χ1n) is 27.5. The van der Waals surface area contributed by atoms with E-state index in [4.69, 9.17) is 28.9 Å². The normalized spacial score (nSPS) is 11.8. The Labute approximate surface area is 492 Å². The Bertz CT molecular complexity index is 4720. The van der Waals surface area contributed by atoms with Crippen LogP contribution in [0.25, 0.3) is 78.7 Å². The second-order valence-electron chi connectivity index (χ2n) is 20.3. The average molecular weight is 1150 g/mol. The largest absolute Gasteiger partial charge is 0.458 e. The van der Waals surface area contributed by atoms with Gasteiger partial charge in [-0.3, -0.25) is 19.1 Å². The average Bonchev–Trinajstić information content (AvgIpc) is 1.23. The molecule has 0 saturated heterocycles. The van der Waals surface area contributed by atoms with Gasteiger partial charge < -0.3 is 18.9 Å². The number of halogens is 1. The van der Waals surface area contributed by atoms with Crippen molar-refractivity contribution >= 4 is 61.1 Å². The van der Waals surface area contributed by atoms with Crippen LogP contribution in [0.1, 0.15) is 0 Å². The molecule has 0 N–H and O–H groups in total. The van der Waals surface area contributed by atoms with Gasteiger partial charge >= 0.3 is 0 Å². The topological polar surface area (TPSA) is 98.3 Å². The quantitative estimate of drug-likeness (QED) is 0.125. The number of hydrogen-bond donors (Lipinski definition) is 0. The van der Waals surface area contributed by atoms with Crippen molar-refractivity contribution < 1.29 is 18.9 Å². The predicted molar refractivity (Wildman–Crippen MR) is 338 cm³/mol. The molecule has 0 amide bonds. The molecule has 14 aromatic rings. The Morgan fingerprint density at radius 1 is 0.369 bits per heavy atom. The number of rotatable bonds is 10. The number of aromatic nitrogens is 6. The van der Waals surface area contributed by atoms with Crippen LogP contribution >= 0.6 is 15.9 Å². The summed E-state index contributed by atoms with van der Waals surface area (Å²) in [4.78, 5) is 19.1. The van der Waals surface area contributed by atoms with Crippen molar-refractivity contribution in [3.05, 3.63) is 284 Å². The smallest absolute Gasteiger partial charge is 0.260 e. The molecule has 0 aliphatic carbocycles. The van der Waals surface area contributed by atoms with Crippen molar-refractivity contribution in [2.45, 2.75) is 0 Å². The third-order valence-electron chi connectivity index (χ3n) is 15.1. The summed E-state index contributed by atoms with van der Waals surface area (Å²) in [6.45, 7) is -0.0677. The van der Waals surface area contributed by atoms with E-state index in [9.17, 15) is 0 Å². The molecule has 10 nitrogen and oxygen atoms in total.